The fourth-order valence-electron chi connectivity index (χ4n) is 1.87. The van der Waals surface area contributed by atoms with Gasteiger partial charge < -0.3 is 5.73 Å². The molecule has 5 heteroatoms. The normalized spacial score (nSPS) is 11.4. The maximum atomic E-state index is 12.2. The summed E-state index contributed by atoms with van der Waals surface area (Å²) in [7, 11) is -3.58. The van der Waals surface area contributed by atoms with E-state index in [1.807, 2.05) is 24.3 Å². The molecular formula is C15H18N2O2S. The van der Waals surface area contributed by atoms with E-state index >= 15 is 0 Å². The van der Waals surface area contributed by atoms with Gasteiger partial charge in [-0.1, -0.05) is 43.3 Å². The maximum Gasteiger partial charge on any atom is 0.242 e. The number of para-hydroxylation sites is 1. The molecular weight excluding hydrogens is 272 g/mol. The molecule has 20 heavy (non-hydrogen) atoms. The second-order valence-corrected chi connectivity index (χ2v) is 6.27. The first-order chi connectivity index (χ1) is 9.53. The van der Waals surface area contributed by atoms with Gasteiger partial charge in [0.05, 0.1) is 5.69 Å². The molecule has 0 aliphatic heterocycles. The van der Waals surface area contributed by atoms with Gasteiger partial charge in [-0.15, -0.1) is 0 Å². The first-order valence-corrected chi connectivity index (χ1v) is 7.93. The highest BCUT2D eigenvalue weighted by molar-refractivity contribution is 7.89. The molecule has 4 nitrogen and oxygen atoms in total. The fourth-order valence-corrected chi connectivity index (χ4v) is 3.02. The summed E-state index contributed by atoms with van der Waals surface area (Å²) in [5.74, 6) is 0. The molecule has 0 aliphatic rings. The van der Waals surface area contributed by atoms with E-state index in [4.69, 9.17) is 5.73 Å². The molecule has 0 fully saturated rings. The molecule has 0 saturated heterocycles. The van der Waals surface area contributed by atoms with Crippen molar-refractivity contribution in [3.63, 3.8) is 0 Å². The van der Waals surface area contributed by atoms with Crippen molar-refractivity contribution in [2.24, 2.45) is 0 Å². The smallest absolute Gasteiger partial charge is 0.242 e. The summed E-state index contributed by atoms with van der Waals surface area (Å²) >= 11 is 0. The molecule has 0 amide bonds. The summed E-state index contributed by atoms with van der Waals surface area (Å²) in [5.41, 5.74) is 8.09. The second-order valence-electron chi connectivity index (χ2n) is 4.53. The van der Waals surface area contributed by atoms with Crippen LogP contribution in [0.15, 0.2) is 53.4 Å². The summed E-state index contributed by atoms with van der Waals surface area (Å²) in [6, 6.07) is 14.3. The third-order valence-electron chi connectivity index (χ3n) is 3.11. The first kappa shape index (κ1) is 14.6. The van der Waals surface area contributed by atoms with Gasteiger partial charge in [-0.25, -0.2) is 13.1 Å². The van der Waals surface area contributed by atoms with Crippen molar-refractivity contribution in [2.45, 2.75) is 24.8 Å². The van der Waals surface area contributed by atoms with E-state index in [0.717, 1.165) is 12.0 Å². The lowest BCUT2D eigenvalue weighted by atomic mass is 10.1. The molecule has 2 rings (SSSR count). The van der Waals surface area contributed by atoms with E-state index in [0.29, 0.717) is 0 Å². The molecule has 2 aromatic carbocycles. The third kappa shape index (κ3) is 3.37. The highest BCUT2D eigenvalue weighted by atomic mass is 32.2. The van der Waals surface area contributed by atoms with Gasteiger partial charge in [-0.3, -0.25) is 0 Å². The number of hydrogen-bond acceptors (Lipinski definition) is 3. The highest BCUT2D eigenvalue weighted by Crippen LogP contribution is 2.17. The maximum absolute atomic E-state index is 12.2. The number of nitrogen functional groups attached to an aromatic ring is 1. The Morgan fingerprint density at radius 3 is 2.20 bits per heavy atom. The van der Waals surface area contributed by atoms with E-state index in [9.17, 15) is 8.42 Å². The Hall–Kier alpha value is -1.85. The van der Waals surface area contributed by atoms with Gasteiger partial charge in [0.15, 0.2) is 0 Å². The van der Waals surface area contributed by atoms with Gasteiger partial charge in [-0.2, -0.15) is 0 Å². The second kappa shape index (κ2) is 6.07. The van der Waals surface area contributed by atoms with E-state index in [1.165, 1.54) is 11.6 Å². The van der Waals surface area contributed by atoms with Crippen molar-refractivity contribution in [2.75, 3.05) is 5.73 Å². The predicted octanol–water partition coefficient (Wildman–Crippen LogP) is 2.31. The van der Waals surface area contributed by atoms with Crippen LogP contribution in [-0.4, -0.2) is 8.42 Å². The Morgan fingerprint density at radius 1 is 1.00 bits per heavy atom. The Balaban J connectivity index is 2.11. The minimum atomic E-state index is -3.58. The van der Waals surface area contributed by atoms with Gasteiger partial charge in [-0.05, 0) is 29.7 Å². The van der Waals surface area contributed by atoms with E-state index in [-0.39, 0.29) is 17.1 Å². The van der Waals surface area contributed by atoms with Crippen molar-refractivity contribution >= 4 is 15.7 Å². The molecule has 0 aliphatic carbocycles. The number of nitrogens with one attached hydrogen (secondary N) is 1. The third-order valence-corrected chi connectivity index (χ3v) is 4.58. The topological polar surface area (TPSA) is 72.2 Å². The Bertz CT molecular complexity index is 679. The summed E-state index contributed by atoms with van der Waals surface area (Å²) in [5, 5.41) is 0. The van der Waals surface area contributed by atoms with Crippen LogP contribution in [0.4, 0.5) is 5.69 Å². The van der Waals surface area contributed by atoms with E-state index < -0.39 is 10.0 Å². The van der Waals surface area contributed by atoms with Crippen LogP contribution in [0, 0.1) is 0 Å². The number of anilines is 1. The lowest BCUT2D eigenvalue weighted by molar-refractivity contribution is 0.581. The molecule has 3 N–H and O–H groups in total. The summed E-state index contributed by atoms with van der Waals surface area (Å²) in [6.07, 6.45) is 0.965. The van der Waals surface area contributed by atoms with Crippen LogP contribution in [0.1, 0.15) is 18.1 Å². The van der Waals surface area contributed by atoms with Crippen LogP contribution in [0.25, 0.3) is 0 Å². The lowest BCUT2D eigenvalue weighted by Crippen LogP contribution is -2.24. The lowest BCUT2D eigenvalue weighted by Gasteiger charge is -2.09. The van der Waals surface area contributed by atoms with Crippen molar-refractivity contribution < 1.29 is 8.42 Å². The molecule has 0 spiro atoms. The average molecular weight is 290 g/mol. The average Bonchev–Trinajstić information content (AvgIpc) is 2.46. The molecule has 2 aromatic rings. The fraction of sp³-hybridized carbons (Fsp3) is 0.200. The number of rotatable bonds is 5. The zero-order chi connectivity index (χ0) is 14.6. The molecule has 0 atom stereocenters. The molecule has 0 aromatic heterocycles. The monoisotopic (exact) mass is 290 g/mol. The van der Waals surface area contributed by atoms with Gasteiger partial charge >= 0.3 is 0 Å². The number of aryl methyl sites for hydroxylation is 1. The van der Waals surface area contributed by atoms with Crippen molar-refractivity contribution in [1.29, 1.82) is 0 Å². The van der Waals surface area contributed by atoms with Crippen molar-refractivity contribution in [3.8, 4) is 0 Å². The minimum absolute atomic E-state index is 0.116. The largest absolute Gasteiger partial charge is 0.398 e. The quantitative estimate of drug-likeness (QED) is 0.830. The minimum Gasteiger partial charge on any atom is -0.398 e. The first-order valence-electron chi connectivity index (χ1n) is 6.45. The Morgan fingerprint density at radius 2 is 1.60 bits per heavy atom. The van der Waals surface area contributed by atoms with Gasteiger partial charge in [0, 0.05) is 6.54 Å². The van der Waals surface area contributed by atoms with E-state index in [1.54, 1.807) is 18.2 Å². The Labute approximate surface area is 119 Å². The van der Waals surface area contributed by atoms with Gasteiger partial charge in [0.25, 0.3) is 0 Å². The SMILES string of the molecule is CCc1ccc(CNS(=O)(=O)c2ccccc2N)cc1. The van der Waals surface area contributed by atoms with E-state index in [2.05, 4.69) is 11.6 Å². The van der Waals surface area contributed by atoms with Gasteiger partial charge in [0.2, 0.25) is 10.0 Å². The van der Waals surface area contributed by atoms with Crippen LogP contribution in [0.3, 0.4) is 0 Å². The number of benzene rings is 2. The van der Waals surface area contributed by atoms with Crippen LogP contribution in [-0.2, 0) is 23.0 Å². The zero-order valence-corrected chi connectivity index (χ0v) is 12.2. The van der Waals surface area contributed by atoms with Crippen LogP contribution < -0.4 is 10.5 Å². The molecule has 0 unspecified atom stereocenters. The standard InChI is InChI=1S/C15H18N2O2S/c1-2-12-7-9-13(10-8-12)11-17-20(18,19)15-6-4-3-5-14(15)16/h3-10,17H,2,11,16H2,1H3. The zero-order valence-electron chi connectivity index (χ0n) is 11.3. The number of hydrogen-bond donors (Lipinski definition) is 2. The van der Waals surface area contributed by atoms with Crippen LogP contribution in [0.5, 0.6) is 0 Å². The molecule has 0 heterocycles. The molecule has 106 valence electrons. The predicted molar refractivity (Wildman–Crippen MR) is 80.7 cm³/mol. The van der Waals surface area contributed by atoms with Crippen LogP contribution >= 0.6 is 0 Å². The molecule has 0 radical (unpaired) electrons. The summed E-state index contributed by atoms with van der Waals surface area (Å²) < 4.78 is 26.9. The molecule has 0 bridgehead atoms. The summed E-state index contributed by atoms with van der Waals surface area (Å²) in [6.45, 7) is 2.33. The summed E-state index contributed by atoms with van der Waals surface area (Å²) in [4.78, 5) is 0.116. The van der Waals surface area contributed by atoms with Gasteiger partial charge in [0.1, 0.15) is 4.90 Å². The Kier molecular flexibility index (Phi) is 4.42. The molecule has 0 saturated carbocycles. The number of sulfonamides is 1. The number of nitrogens with two attached hydrogens (primary N) is 1. The highest BCUT2D eigenvalue weighted by Gasteiger charge is 2.16. The van der Waals surface area contributed by atoms with Crippen molar-refractivity contribution in [3.05, 3.63) is 59.7 Å². The van der Waals surface area contributed by atoms with Crippen LogP contribution in [0.2, 0.25) is 0 Å². The van der Waals surface area contributed by atoms with Crippen molar-refractivity contribution in [1.82, 2.24) is 4.72 Å².